The highest BCUT2D eigenvalue weighted by Gasteiger charge is 2.23. The van der Waals surface area contributed by atoms with Gasteiger partial charge < -0.3 is 19.9 Å². The van der Waals surface area contributed by atoms with Crippen molar-refractivity contribution in [1.29, 1.82) is 0 Å². The Morgan fingerprint density at radius 2 is 2.05 bits per heavy atom. The van der Waals surface area contributed by atoms with E-state index in [4.69, 9.17) is 9.47 Å². The topological polar surface area (TPSA) is 63.6 Å². The Balaban J connectivity index is 2.38. The molecule has 0 saturated heterocycles. The van der Waals surface area contributed by atoms with E-state index in [1.54, 1.807) is 13.3 Å². The van der Waals surface area contributed by atoms with Crippen molar-refractivity contribution in [2.24, 2.45) is 0 Å². The SMILES string of the molecule is CCC(O)(CC)COc1ccc(CNCCOC)nc1. The minimum atomic E-state index is -0.750. The second-order valence-corrected chi connectivity index (χ2v) is 4.87. The fraction of sp³-hybridized carbons (Fsp3) is 0.667. The first-order chi connectivity index (χ1) is 9.63. The molecule has 20 heavy (non-hydrogen) atoms. The van der Waals surface area contributed by atoms with E-state index < -0.39 is 5.60 Å². The smallest absolute Gasteiger partial charge is 0.137 e. The molecule has 0 spiro atoms. The molecule has 0 aromatic carbocycles. The molecule has 0 radical (unpaired) electrons. The number of aromatic nitrogens is 1. The molecular formula is C15H26N2O3. The monoisotopic (exact) mass is 282 g/mol. The second-order valence-electron chi connectivity index (χ2n) is 4.87. The van der Waals surface area contributed by atoms with E-state index in [2.05, 4.69) is 10.3 Å². The minimum Gasteiger partial charge on any atom is -0.489 e. The Morgan fingerprint density at radius 3 is 2.60 bits per heavy atom. The molecule has 5 nitrogen and oxygen atoms in total. The summed E-state index contributed by atoms with van der Waals surface area (Å²) < 4.78 is 10.6. The second kappa shape index (κ2) is 8.89. The summed E-state index contributed by atoms with van der Waals surface area (Å²) in [6.07, 6.45) is 3.05. The van der Waals surface area contributed by atoms with Gasteiger partial charge >= 0.3 is 0 Å². The minimum absolute atomic E-state index is 0.299. The first kappa shape index (κ1) is 16.9. The Morgan fingerprint density at radius 1 is 1.30 bits per heavy atom. The molecule has 1 aromatic rings. The number of rotatable bonds is 10. The van der Waals surface area contributed by atoms with Crippen LogP contribution in [-0.2, 0) is 11.3 Å². The van der Waals surface area contributed by atoms with Crippen LogP contribution in [0.1, 0.15) is 32.4 Å². The van der Waals surface area contributed by atoms with Gasteiger partial charge in [0.25, 0.3) is 0 Å². The zero-order valence-corrected chi connectivity index (χ0v) is 12.7. The van der Waals surface area contributed by atoms with Crippen molar-refractivity contribution in [2.45, 2.75) is 38.8 Å². The van der Waals surface area contributed by atoms with Gasteiger partial charge in [-0.2, -0.15) is 0 Å². The maximum absolute atomic E-state index is 10.1. The van der Waals surface area contributed by atoms with Gasteiger partial charge in [-0.25, -0.2) is 0 Å². The quantitative estimate of drug-likeness (QED) is 0.640. The van der Waals surface area contributed by atoms with Gasteiger partial charge in [-0.15, -0.1) is 0 Å². The summed E-state index contributed by atoms with van der Waals surface area (Å²) in [6, 6.07) is 3.80. The molecule has 0 fully saturated rings. The summed E-state index contributed by atoms with van der Waals surface area (Å²) in [4.78, 5) is 4.32. The summed E-state index contributed by atoms with van der Waals surface area (Å²) in [5, 5.41) is 13.4. The van der Waals surface area contributed by atoms with Crippen molar-refractivity contribution < 1.29 is 14.6 Å². The van der Waals surface area contributed by atoms with E-state index in [0.717, 1.165) is 12.2 Å². The molecule has 0 saturated carbocycles. The van der Waals surface area contributed by atoms with Crippen molar-refractivity contribution in [3.05, 3.63) is 24.0 Å². The van der Waals surface area contributed by atoms with E-state index in [1.807, 2.05) is 26.0 Å². The van der Waals surface area contributed by atoms with Crippen LogP contribution in [0.5, 0.6) is 5.75 Å². The summed E-state index contributed by atoms with van der Waals surface area (Å²) in [5.41, 5.74) is 0.204. The highest BCUT2D eigenvalue weighted by atomic mass is 16.5. The fourth-order valence-electron chi connectivity index (χ4n) is 1.66. The lowest BCUT2D eigenvalue weighted by molar-refractivity contribution is -0.0114. The molecule has 0 bridgehead atoms. The van der Waals surface area contributed by atoms with E-state index in [-0.39, 0.29) is 0 Å². The van der Waals surface area contributed by atoms with Crippen molar-refractivity contribution in [1.82, 2.24) is 10.3 Å². The molecule has 0 atom stereocenters. The average Bonchev–Trinajstić information content (AvgIpc) is 2.50. The number of methoxy groups -OCH3 is 1. The van der Waals surface area contributed by atoms with E-state index >= 15 is 0 Å². The molecule has 114 valence electrons. The predicted molar refractivity (Wildman–Crippen MR) is 78.8 cm³/mol. The zero-order chi connectivity index (χ0) is 14.8. The Labute approximate surface area is 121 Å². The number of nitrogens with one attached hydrogen (secondary N) is 1. The summed E-state index contributed by atoms with van der Waals surface area (Å²) in [5.74, 6) is 0.686. The van der Waals surface area contributed by atoms with Crippen LogP contribution in [0.15, 0.2) is 18.3 Å². The van der Waals surface area contributed by atoms with Crippen LogP contribution in [0, 0.1) is 0 Å². The van der Waals surface area contributed by atoms with E-state index in [0.29, 0.717) is 38.3 Å². The Bertz CT molecular complexity index is 364. The van der Waals surface area contributed by atoms with Crippen LogP contribution in [0.2, 0.25) is 0 Å². The molecule has 0 amide bonds. The number of hydrogen-bond donors (Lipinski definition) is 2. The lowest BCUT2D eigenvalue weighted by Crippen LogP contribution is -2.34. The molecule has 0 aliphatic heterocycles. The van der Waals surface area contributed by atoms with Crippen LogP contribution >= 0.6 is 0 Å². The van der Waals surface area contributed by atoms with Gasteiger partial charge in [0.05, 0.1) is 24.1 Å². The zero-order valence-electron chi connectivity index (χ0n) is 12.7. The molecule has 1 heterocycles. The van der Waals surface area contributed by atoms with Gasteiger partial charge in [0, 0.05) is 20.2 Å². The molecule has 1 aromatic heterocycles. The molecular weight excluding hydrogens is 256 g/mol. The van der Waals surface area contributed by atoms with Crippen molar-refractivity contribution in [2.75, 3.05) is 26.9 Å². The summed E-state index contributed by atoms with van der Waals surface area (Å²) in [7, 11) is 1.68. The van der Waals surface area contributed by atoms with Gasteiger partial charge in [-0.1, -0.05) is 13.8 Å². The van der Waals surface area contributed by atoms with E-state index in [1.165, 1.54) is 0 Å². The number of hydrogen-bond acceptors (Lipinski definition) is 5. The van der Waals surface area contributed by atoms with Gasteiger partial charge in [0.15, 0.2) is 0 Å². The third kappa shape index (κ3) is 5.86. The molecule has 2 N–H and O–H groups in total. The van der Waals surface area contributed by atoms with Crippen LogP contribution in [0.3, 0.4) is 0 Å². The lowest BCUT2D eigenvalue weighted by Gasteiger charge is -2.24. The van der Waals surface area contributed by atoms with Crippen molar-refractivity contribution in [3.8, 4) is 5.75 Å². The number of ether oxygens (including phenoxy) is 2. The first-order valence-electron chi connectivity index (χ1n) is 7.13. The highest BCUT2D eigenvalue weighted by Crippen LogP contribution is 2.17. The number of aliphatic hydroxyl groups is 1. The van der Waals surface area contributed by atoms with E-state index in [9.17, 15) is 5.11 Å². The Hall–Kier alpha value is -1.17. The fourth-order valence-corrected chi connectivity index (χ4v) is 1.66. The largest absolute Gasteiger partial charge is 0.489 e. The van der Waals surface area contributed by atoms with Crippen LogP contribution in [-0.4, -0.2) is 42.6 Å². The number of pyridine rings is 1. The van der Waals surface area contributed by atoms with Gasteiger partial charge in [0.2, 0.25) is 0 Å². The van der Waals surface area contributed by atoms with Gasteiger partial charge in [-0.3, -0.25) is 4.98 Å². The molecule has 5 heteroatoms. The van der Waals surface area contributed by atoms with Crippen molar-refractivity contribution >= 4 is 0 Å². The summed E-state index contributed by atoms with van der Waals surface area (Å²) >= 11 is 0. The Kier molecular flexibility index (Phi) is 7.51. The molecule has 0 aliphatic rings. The average molecular weight is 282 g/mol. The third-order valence-electron chi connectivity index (χ3n) is 3.41. The first-order valence-corrected chi connectivity index (χ1v) is 7.13. The normalized spacial score (nSPS) is 11.6. The maximum atomic E-state index is 10.1. The third-order valence-corrected chi connectivity index (χ3v) is 3.41. The van der Waals surface area contributed by atoms with Gasteiger partial charge in [0.1, 0.15) is 12.4 Å². The van der Waals surface area contributed by atoms with Crippen molar-refractivity contribution in [3.63, 3.8) is 0 Å². The van der Waals surface area contributed by atoms with Gasteiger partial charge in [-0.05, 0) is 25.0 Å². The standard InChI is InChI=1S/C15H26N2O3/c1-4-15(18,5-2)12-20-14-7-6-13(17-11-14)10-16-8-9-19-3/h6-7,11,16,18H,4-5,8-10,12H2,1-3H3. The molecule has 0 unspecified atom stereocenters. The maximum Gasteiger partial charge on any atom is 0.137 e. The molecule has 1 rings (SSSR count). The molecule has 0 aliphatic carbocycles. The predicted octanol–water partition coefficient (Wildman–Crippen LogP) is 1.75. The summed E-state index contributed by atoms with van der Waals surface area (Å²) in [6.45, 7) is 6.41. The van der Waals surface area contributed by atoms with Crippen LogP contribution < -0.4 is 10.1 Å². The van der Waals surface area contributed by atoms with Crippen LogP contribution in [0.25, 0.3) is 0 Å². The van der Waals surface area contributed by atoms with Crippen LogP contribution in [0.4, 0.5) is 0 Å². The highest BCUT2D eigenvalue weighted by molar-refractivity contribution is 5.20. The number of nitrogens with zero attached hydrogens (tertiary/aromatic N) is 1. The lowest BCUT2D eigenvalue weighted by atomic mass is 9.99.